The molecule has 2 aromatic carbocycles. The molecule has 0 fully saturated rings. The smallest absolute Gasteiger partial charge is 0.262 e. The molecule has 0 aliphatic heterocycles. The first-order valence-electron chi connectivity index (χ1n) is 8.54. The molecule has 0 aliphatic carbocycles. The Balaban J connectivity index is 0.000000469. The second-order valence-electron chi connectivity index (χ2n) is 6.23. The molecule has 30 heavy (non-hydrogen) atoms. The molecule has 0 spiro atoms. The number of anilines is 1. The predicted octanol–water partition coefficient (Wildman–Crippen LogP) is 1.88. The van der Waals surface area contributed by atoms with E-state index < -0.39 is 20.4 Å². The van der Waals surface area contributed by atoms with Crippen molar-refractivity contribution < 1.29 is 34.9 Å². The van der Waals surface area contributed by atoms with E-state index in [0.717, 1.165) is 23.6 Å². The van der Waals surface area contributed by atoms with Gasteiger partial charge in [-0.2, -0.15) is 4.57 Å². The third kappa shape index (κ3) is 6.13. The van der Waals surface area contributed by atoms with Crippen LogP contribution < -0.4 is 14.0 Å². The van der Waals surface area contributed by atoms with Crippen LogP contribution in [0.3, 0.4) is 0 Å². The van der Waals surface area contributed by atoms with Gasteiger partial charge in [0.05, 0.1) is 24.5 Å². The highest BCUT2D eigenvalue weighted by Crippen LogP contribution is 2.28. The van der Waals surface area contributed by atoms with E-state index in [1.807, 2.05) is 42.9 Å². The van der Waals surface area contributed by atoms with Gasteiger partial charge >= 0.3 is 0 Å². The number of rotatable bonds is 5. The molecule has 0 amide bonds. The summed E-state index contributed by atoms with van der Waals surface area (Å²) in [4.78, 5) is 0.225. The first-order valence-corrected chi connectivity index (χ1v) is 11.4. The number of hydrogen-bond donors (Lipinski definition) is 1. The summed E-state index contributed by atoms with van der Waals surface area (Å²) >= 11 is 0. The SMILES string of the molecule is COS(=O)(=O)[O-].COc1cc(NS(=O)(=O)c2ccc(C)cc2)c2c(ccc[n+]2C)c1. The van der Waals surface area contributed by atoms with Crippen molar-refractivity contribution in [1.29, 1.82) is 0 Å². The van der Waals surface area contributed by atoms with Crippen LogP contribution in [0.4, 0.5) is 5.69 Å². The molecule has 1 N–H and O–H groups in total. The first kappa shape index (κ1) is 23.5. The monoisotopic (exact) mass is 454 g/mol. The molecule has 3 aromatic rings. The summed E-state index contributed by atoms with van der Waals surface area (Å²) in [5, 5.41) is 0.890. The van der Waals surface area contributed by atoms with Crippen LogP contribution in [0.15, 0.2) is 59.6 Å². The maximum atomic E-state index is 12.7. The normalized spacial score (nSPS) is 11.5. The van der Waals surface area contributed by atoms with E-state index in [9.17, 15) is 21.4 Å². The van der Waals surface area contributed by atoms with Gasteiger partial charge in [-0.3, -0.25) is 8.91 Å². The Morgan fingerprint density at radius 1 is 1.00 bits per heavy atom. The van der Waals surface area contributed by atoms with Crippen LogP contribution in [0.5, 0.6) is 5.75 Å². The number of ether oxygens (including phenoxy) is 1. The summed E-state index contributed by atoms with van der Waals surface area (Å²) in [5.74, 6) is 0.593. The number of methoxy groups -OCH3 is 1. The molecule has 0 saturated heterocycles. The minimum absolute atomic E-state index is 0.225. The molecule has 162 valence electrons. The number of pyridine rings is 1. The minimum atomic E-state index is -4.41. The average molecular weight is 455 g/mol. The van der Waals surface area contributed by atoms with E-state index in [1.54, 1.807) is 37.4 Å². The topological polar surface area (TPSA) is 126 Å². The van der Waals surface area contributed by atoms with Gasteiger partial charge in [-0.25, -0.2) is 16.8 Å². The van der Waals surface area contributed by atoms with Gasteiger partial charge in [0.25, 0.3) is 10.0 Å². The summed E-state index contributed by atoms with van der Waals surface area (Å²) in [7, 11) is -3.85. The predicted molar refractivity (Wildman–Crippen MR) is 110 cm³/mol. The van der Waals surface area contributed by atoms with Gasteiger partial charge in [-0.05, 0) is 31.2 Å². The summed E-state index contributed by atoms with van der Waals surface area (Å²) < 4.78 is 66.3. The summed E-state index contributed by atoms with van der Waals surface area (Å²) in [6, 6.07) is 14.1. The van der Waals surface area contributed by atoms with Crippen LogP contribution in [-0.4, -0.2) is 35.6 Å². The zero-order chi connectivity index (χ0) is 22.5. The number of sulfonamides is 1. The minimum Gasteiger partial charge on any atom is -0.726 e. The Labute approximate surface area is 175 Å². The molecular weight excluding hydrogens is 432 g/mol. The van der Waals surface area contributed by atoms with Crippen molar-refractivity contribution in [1.82, 2.24) is 0 Å². The van der Waals surface area contributed by atoms with Crippen molar-refractivity contribution in [2.24, 2.45) is 7.05 Å². The molecule has 0 unspecified atom stereocenters. The number of aryl methyl sites for hydroxylation is 2. The van der Waals surface area contributed by atoms with Gasteiger partial charge < -0.3 is 9.29 Å². The maximum Gasteiger partial charge on any atom is 0.262 e. The van der Waals surface area contributed by atoms with Crippen molar-refractivity contribution in [2.45, 2.75) is 11.8 Å². The lowest BCUT2D eigenvalue weighted by atomic mass is 10.2. The van der Waals surface area contributed by atoms with Gasteiger partial charge in [0, 0.05) is 12.1 Å². The molecule has 1 aromatic heterocycles. The van der Waals surface area contributed by atoms with Crippen molar-refractivity contribution in [2.75, 3.05) is 18.9 Å². The van der Waals surface area contributed by atoms with E-state index in [4.69, 9.17) is 4.74 Å². The van der Waals surface area contributed by atoms with E-state index >= 15 is 0 Å². The first-order chi connectivity index (χ1) is 14.0. The highest BCUT2D eigenvalue weighted by Gasteiger charge is 2.20. The zero-order valence-corrected chi connectivity index (χ0v) is 18.5. The number of nitrogens with zero attached hydrogens (tertiary/aromatic N) is 1. The van der Waals surface area contributed by atoms with Crippen LogP contribution in [0.25, 0.3) is 10.9 Å². The number of fused-ring (bicyclic) bond motifs is 1. The summed E-state index contributed by atoms with van der Waals surface area (Å²) in [6.45, 7) is 1.92. The number of nitrogens with one attached hydrogen (secondary N) is 1. The summed E-state index contributed by atoms with van der Waals surface area (Å²) in [6.07, 6.45) is 1.87. The number of aromatic nitrogens is 1. The van der Waals surface area contributed by atoms with Gasteiger partial charge in [-0.1, -0.05) is 17.7 Å². The van der Waals surface area contributed by atoms with Crippen LogP contribution in [0, 0.1) is 6.92 Å². The van der Waals surface area contributed by atoms with Crippen molar-refractivity contribution in [3.05, 3.63) is 60.3 Å². The highest BCUT2D eigenvalue weighted by atomic mass is 32.3. The molecule has 9 nitrogen and oxygen atoms in total. The molecule has 0 bridgehead atoms. The number of benzene rings is 2. The van der Waals surface area contributed by atoms with Gasteiger partial charge in [0.2, 0.25) is 15.9 Å². The molecule has 1 heterocycles. The maximum absolute atomic E-state index is 12.7. The quantitative estimate of drug-likeness (QED) is 0.354. The van der Waals surface area contributed by atoms with Crippen LogP contribution in [-0.2, 0) is 31.7 Å². The second-order valence-corrected chi connectivity index (χ2v) is 9.06. The molecule has 3 rings (SSSR count). The van der Waals surface area contributed by atoms with E-state index in [0.29, 0.717) is 11.4 Å². The Kier molecular flexibility index (Phi) is 7.37. The van der Waals surface area contributed by atoms with E-state index in [-0.39, 0.29) is 4.90 Å². The lowest BCUT2D eigenvalue weighted by molar-refractivity contribution is -0.644. The lowest BCUT2D eigenvalue weighted by Gasteiger charge is -2.11. The standard InChI is InChI=1S/C18H19N2O3S.CH4O4S/c1-13-6-8-16(9-7-13)24(21,22)19-17-12-15(23-3)11-14-5-4-10-20(2)18(14)17;1-5-6(2,3)4/h4-12,19H,1-3H3;1H3,(H,2,3,4)/q+1;/p-1. The molecule has 0 saturated carbocycles. The number of hydrogen-bond acceptors (Lipinski definition) is 7. The van der Waals surface area contributed by atoms with Crippen molar-refractivity contribution in [3.8, 4) is 5.75 Å². The molecule has 11 heteroatoms. The highest BCUT2D eigenvalue weighted by molar-refractivity contribution is 7.92. The third-order valence-corrected chi connectivity index (χ3v) is 5.86. The zero-order valence-electron chi connectivity index (χ0n) is 16.8. The van der Waals surface area contributed by atoms with Crippen molar-refractivity contribution >= 4 is 37.0 Å². The Bertz CT molecular complexity index is 1240. The Morgan fingerprint density at radius 3 is 2.13 bits per heavy atom. The average Bonchev–Trinajstić information content (AvgIpc) is 2.67. The fourth-order valence-corrected chi connectivity index (χ4v) is 3.67. The van der Waals surface area contributed by atoms with Crippen molar-refractivity contribution in [3.63, 3.8) is 0 Å². The van der Waals surface area contributed by atoms with Gasteiger partial charge in [0.1, 0.15) is 18.5 Å². The second kappa shape index (κ2) is 9.39. The Hall–Kier alpha value is -2.73. The van der Waals surface area contributed by atoms with Crippen LogP contribution >= 0.6 is 0 Å². The van der Waals surface area contributed by atoms with Gasteiger partial charge in [-0.15, -0.1) is 0 Å². The van der Waals surface area contributed by atoms with Gasteiger partial charge in [0.15, 0.2) is 6.20 Å². The fourth-order valence-electron chi connectivity index (χ4n) is 2.62. The van der Waals surface area contributed by atoms with E-state index in [1.165, 1.54) is 0 Å². The molecule has 0 radical (unpaired) electrons. The lowest BCUT2D eigenvalue weighted by Crippen LogP contribution is -2.29. The Morgan fingerprint density at radius 2 is 1.60 bits per heavy atom. The molecule has 0 atom stereocenters. The van der Waals surface area contributed by atoms with Crippen LogP contribution in [0.2, 0.25) is 0 Å². The summed E-state index contributed by atoms with van der Waals surface area (Å²) in [5.41, 5.74) is 2.27. The third-order valence-electron chi connectivity index (χ3n) is 4.07. The fraction of sp³-hybridized carbons (Fsp3) is 0.211. The largest absolute Gasteiger partial charge is 0.726 e. The molecular formula is C19H22N2O7S2. The van der Waals surface area contributed by atoms with Crippen LogP contribution in [0.1, 0.15) is 5.56 Å². The van der Waals surface area contributed by atoms with E-state index in [2.05, 4.69) is 8.91 Å². The molecule has 0 aliphatic rings.